The van der Waals surface area contributed by atoms with Crippen molar-refractivity contribution >= 4 is 11.4 Å². The molecule has 0 saturated carbocycles. The predicted molar refractivity (Wildman–Crippen MR) is 127 cm³/mol. The van der Waals surface area contributed by atoms with Crippen molar-refractivity contribution < 1.29 is 0 Å². The molecular formula is C27H38N2. The zero-order valence-electron chi connectivity index (χ0n) is 18.9. The molecule has 0 bridgehead atoms. The van der Waals surface area contributed by atoms with Crippen LogP contribution in [0.15, 0.2) is 36.4 Å². The average Bonchev–Trinajstić information content (AvgIpc) is 3.19. The number of anilines is 2. The van der Waals surface area contributed by atoms with Gasteiger partial charge in [-0.1, -0.05) is 89.8 Å². The number of nitrogens with zero attached hydrogens (tertiary/aromatic N) is 2. The number of aryl methyl sites for hydroxylation is 4. The summed E-state index contributed by atoms with van der Waals surface area (Å²) in [6, 6.07) is 13.7. The maximum atomic E-state index is 3.79. The Bertz CT molecular complexity index is 666. The van der Waals surface area contributed by atoms with Crippen LogP contribution in [0.1, 0.15) is 75.6 Å². The van der Waals surface area contributed by atoms with Gasteiger partial charge in [-0.05, 0) is 47.9 Å². The Labute approximate surface area is 178 Å². The van der Waals surface area contributed by atoms with Crippen LogP contribution in [0.5, 0.6) is 0 Å². The molecule has 3 rings (SSSR count). The lowest BCUT2D eigenvalue weighted by Crippen LogP contribution is -2.22. The highest BCUT2D eigenvalue weighted by Gasteiger charge is 2.28. The summed E-state index contributed by atoms with van der Waals surface area (Å²) >= 11 is 0. The fraction of sp³-hybridized carbons (Fsp3) is 0.519. The van der Waals surface area contributed by atoms with Crippen molar-refractivity contribution in [2.75, 3.05) is 22.9 Å². The van der Waals surface area contributed by atoms with E-state index >= 15 is 0 Å². The number of hydrogen-bond acceptors (Lipinski definition) is 2. The Morgan fingerprint density at radius 3 is 1.17 bits per heavy atom. The van der Waals surface area contributed by atoms with Crippen LogP contribution in [0.25, 0.3) is 0 Å². The molecule has 2 aromatic carbocycles. The second-order valence-electron chi connectivity index (χ2n) is 8.25. The predicted octanol–water partition coefficient (Wildman–Crippen LogP) is 6.82. The topological polar surface area (TPSA) is 6.48 Å². The van der Waals surface area contributed by atoms with E-state index < -0.39 is 0 Å². The van der Waals surface area contributed by atoms with Crippen LogP contribution >= 0.6 is 0 Å². The minimum Gasteiger partial charge on any atom is -0.339 e. The van der Waals surface area contributed by atoms with E-state index in [4.69, 9.17) is 0 Å². The van der Waals surface area contributed by atoms with Gasteiger partial charge in [0.2, 0.25) is 6.67 Å². The van der Waals surface area contributed by atoms with Crippen LogP contribution in [-0.2, 0) is 25.7 Å². The maximum absolute atomic E-state index is 3.79. The number of benzene rings is 2. The molecule has 1 saturated heterocycles. The second kappa shape index (κ2) is 10.7. The van der Waals surface area contributed by atoms with Gasteiger partial charge in [0.25, 0.3) is 0 Å². The van der Waals surface area contributed by atoms with Gasteiger partial charge in [-0.3, -0.25) is 0 Å². The number of rotatable bonds is 10. The van der Waals surface area contributed by atoms with Gasteiger partial charge < -0.3 is 9.80 Å². The molecule has 1 aliphatic rings. The maximum Gasteiger partial charge on any atom is 0.208 e. The van der Waals surface area contributed by atoms with Crippen LogP contribution in [0.3, 0.4) is 0 Å². The van der Waals surface area contributed by atoms with Gasteiger partial charge in [0.1, 0.15) is 0 Å². The molecule has 29 heavy (non-hydrogen) atoms. The minimum absolute atomic E-state index is 1.02. The molecule has 0 aliphatic carbocycles. The molecule has 0 amide bonds. The largest absolute Gasteiger partial charge is 0.339 e. The first-order valence-electron chi connectivity index (χ1n) is 11.8. The monoisotopic (exact) mass is 390 g/mol. The molecule has 0 atom stereocenters. The highest BCUT2D eigenvalue weighted by molar-refractivity contribution is 5.68. The van der Waals surface area contributed by atoms with Crippen LogP contribution in [0.2, 0.25) is 0 Å². The van der Waals surface area contributed by atoms with E-state index in [-0.39, 0.29) is 0 Å². The lowest BCUT2D eigenvalue weighted by Gasteiger charge is -2.26. The van der Waals surface area contributed by atoms with Gasteiger partial charge in [-0.25, -0.2) is 0 Å². The Kier molecular flexibility index (Phi) is 8.03. The van der Waals surface area contributed by atoms with Crippen molar-refractivity contribution in [1.82, 2.24) is 0 Å². The molecule has 156 valence electrons. The van der Waals surface area contributed by atoms with Crippen LogP contribution in [0.4, 0.5) is 11.4 Å². The van der Waals surface area contributed by atoms with E-state index in [1.54, 1.807) is 0 Å². The van der Waals surface area contributed by atoms with Crippen molar-refractivity contribution in [2.24, 2.45) is 0 Å². The zero-order chi connectivity index (χ0) is 20.6. The lowest BCUT2D eigenvalue weighted by atomic mass is 9.99. The van der Waals surface area contributed by atoms with Gasteiger partial charge in [-0.15, -0.1) is 0 Å². The first-order chi connectivity index (χ1) is 14.2. The lowest BCUT2D eigenvalue weighted by molar-refractivity contribution is 0.873. The van der Waals surface area contributed by atoms with Gasteiger partial charge in [0.15, 0.2) is 0 Å². The molecular weight excluding hydrogens is 352 g/mol. The van der Waals surface area contributed by atoms with Gasteiger partial charge in [0, 0.05) is 24.5 Å². The van der Waals surface area contributed by atoms with Crippen molar-refractivity contribution in [3.05, 3.63) is 65.3 Å². The number of hydrogen-bond donors (Lipinski definition) is 0. The highest BCUT2D eigenvalue weighted by Crippen LogP contribution is 2.36. The molecule has 0 spiro atoms. The fourth-order valence-corrected chi connectivity index (χ4v) is 4.64. The average molecular weight is 391 g/mol. The smallest absolute Gasteiger partial charge is 0.208 e. The third-order valence-electron chi connectivity index (χ3n) is 5.81. The number of para-hydroxylation sites is 2. The molecule has 1 heterocycles. The molecule has 0 N–H and O–H groups in total. The standard InChI is InChI=1S/C27H38N2/c1-5-11-22-15-9-16-23(12-6-2)26(22)28-19-20-29(21-28)27-24(13-7-3)17-10-18-25(27)14-8-4/h9-10,15-18H,5-8,11-14,19-20H2,1-4H3. The van der Waals surface area contributed by atoms with E-state index in [1.807, 2.05) is 0 Å². The Morgan fingerprint density at radius 2 is 0.897 bits per heavy atom. The summed E-state index contributed by atoms with van der Waals surface area (Å²) in [4.78, 5) is 4.82. The van der Waals surface area contributed by atoms with Crippen molar-refractivity contribution in [3.63, 3.8) is 0 Å². The summed E-state index contributed by atoms with van der Waals surface area (Å²) in [6.45, 7) is 14.9. The van der Waals surface area contributed by atoms with E-state index in [1.165, 1.54) is 59.3 Å². The zero-order valence-corrected chi connectivity index (χ0v) is 18.9. The molecule has 2 aromatic rings. The highest BCUT2D eigenvalue weighted by atomic mass is 15.4. The van der Waals surface area contributed by atoms with E-state index in [2.05, 4.69) is 80.6 Å². The fourth-order valence-electron chi connectivity index (χ4n) is 4.64. The molecule has 0 aromatic heterocycles. The van der Waals surface area contributed by atoms with Gasteiger partial charge in [-0.2, -0.15) is 0 Å². The first kappa shape index (κ1) is 21.7. The summed E-state index contributed by atoms with van der Waals surface area (Å²) in [5.41, 5.74) is 8.74. The van der Waals surface area contributed by atoms with E-state index in [0.717, 1.165) is 38.8 Å². The first-order valence-corrected chi connectivity index (χ1v) is 11.8. The van der Waals surface area contributed by atoms with Crippen molar-refractivity contribution in [2.45, 2.75) is 79.1 Å². The molecule has 1 fully saturated rings. The van der Waals surface area contributed by atoms with E-state index in [0.29, 0.717) is 0 Å². The molecule has 0 unspecified atom stereocenters. The van der Waals surface area contributed by atoms with Crippen molar-refractivity contribution in [1.29, 1.82) is 0 Å². The third-order valence-corrected chi connectivity index (χ3v) is 5.81. The summed E-state index contributed by atoms with van der Waals surface area (Å²) in [5, 5.41) is 0. The normalized spacial score (nSPS) is 14.1. The summed E-state index contributed by atoms with van der Waals surface area (Å²) in [7, 11) is 0. The van der Waals surface area contributed by atoms with Crippen LogP contribution in [-0.4, -0.2) is 13.1 Å². The van der Waals surface area contributed by atoms with E-state index in [9.17, 15) is 0 Å². The van der Waals surface area contributed by atoms with Crippen LogP contribution in [0, 0.1) is 6.67 Å². The second-order valence-corrected chi connectivity index (χ2v) is 8.25. The molecule has 2 heteroatoms. The molecule has 2 nitrogen and oxygen atoms in total. The molecule has 2 radical (unpaired) electrons. The minimum atomic E-state index is 1.02. The summed E-state index contributed by atoms with van der Waals surface area (Å²) < 4.78 is 0. The van der Waals surface area contributed by atoms with Crippen LogP contribution < -0.4 is 9.80 Å². The Balaban J connectivity index is 1.93. The third kappa shape index (κ3) is 4.97. The van der Waals surface area contributed by atoms with Crippen molar-refractivity contribution in [3.8, 4) is 0 Å². The quantitative estimate of drug-likeness (QED) is 0.439. The summed E-state index contributed by atoms with van der Waals surface area (Å²) in [6.07, 6.45) is 9.27. The summed E-state index contributed by atoms with van der Waals surface area (Å²) in [5.74, 6) is 0. The van der Waals surface area contributed by atoms with Gasteiger partial charge >= 0.3 is 0 Å². The Morgan fingerprint density at radius 1 is 0.586 bits per heavy atom. The SMILES string of the molecule is CCCc1cccc(CCC)c1N1[C]N(c2c(CCC)cccc2CCC)CC1. The Hall–Kier alpha value is -1.96. The molecule has 1 aliphatic heterocycles. The van der Waals surface area contributed by atoms with Gasteiger partial charge in [0.05, 0.1) is 0 Å².